The number of carbonyl (C=O) groups is 1. The lowest BCUT2D eigenvalue weighted by atomic mass is 10.2. The van der Waals surface area contributed by atoms with Crippen LogP contribution < -0.4 is 5.32 Å². The van der Waals surface area contributed by atoms with Crippen molar-refractivity contribution >= 4 is 22.5 Å². The molecule has 0 saturated heterocycles. The van der Waals surface area contributed by atoms with Crippen LogP contribution in [0.1, 0.15) is 6.92 Å². The molecule has 2 heterocycles. The zero-order valence-electron chi connectivity index (χ0n) is 7.69. The van der Waals surface area contributed by atoms with E-state index in [0.717, 1.165) is 10.8 Å². The first kappa shape index (κ1) is 8.62. The third kappa shape index (κ3) is 1.69. The highest BCUT2D eigenvalue weighted by Crippen LogP contribution is 2.14. The summed E-state index contributed by atoms with van der Waals surface area (Å²) in [6.07, 6.45) is 5.13. The molecule has 0 spiro atoms. The van der Waals surface area contributed by atoms with Gasteiger partial charge < -0.3 is 5.32 Å². The van der Waals surface area contributed by atoms with E-state index >= 15 is 0 Å². The van der Waals surface area contributed by atoms with Crippen molar-refractivity contribution in [3.63, 3.8) is 0 Å². The van der Waals surface area contributed by atoms with Gasteiger partial charge in [-0.3, -0.25) is 9.78 Å². The van der Waals surface area contributed by atoms with Crippen molar-refractivity contribution in [2.75, 3.05) is 5.32 Å². The van der Waals surface area contributed by atoms with Gasteiger partial charge >= 0.3 is 0 Å². The molecule has 2 rings (SSSR count). The van der Waals surface area contributed by atoms with Crippen molar-refractivity contribution in [3.05, 3.63) is 30.7 Å². The number of nitrogens with one attached hydrogen (secondary N) is 1. The fourth-order valence-electron chi connectivity index (χ4n) is 1.23. The SMILES string of the molecule is CC(=O)Nc1cc2ccncc2cn1. The molecule has 1 amide bonds. The Morgan fingerprint density at radius 3 is 3.00 bits per heavy atom. The van der Waals surface area contributed by atoms with Crippen LogP contribution in [0.5, 0.6) is 0 Å². The first-order chi connectivity index (χ1) is 6.75. The van der Waals surface area contributed by atoms with E-state index in [9.17, 15) is 4.79 Å². The van der Waals surface area contributed by atoms with E-state index in [1.807, 2.05) is 12.1 Å². The minimum Gasteiger partial charge on any atom is -0.311 e. The van der Waals surface area contributed by atoms with E-state index in [0.29, 0.717) is 5.82 Å². The molecule has 0 fully saturated rings. The predicted molar refractivity (Wildman–Crippen MR) is 53.8 cm³/mol. The van der Waals surface area contributed by atoms with E-state index in [1.54, 1.807) is 18.6 Å². The molecular weight excluding hydrogens is 178 g/mol. The third-order valence-corrected chi connectivity index (χ3v) is 1.83. The maximum atomic E-state index is 10.8. The standard InChI is InChI=1S/C10H9N3O/c1-7(14)13-10-4-8-2-3-11-5-9(8)6-12-10/h2-6H,1H3,(H,12,13,14). The fraction of sp³-hybridized carbons (Fsp3) is 0.100. The summed E-state index contributed by atoms with van der Waals surface area (Å²) in [6.45, 7) is 1.46. The van der Waals surface area contributed by atoms with Crippen molar-refractivity contribution in [2.45, 2.75) is 6.92 Å². The summed E-state index contributed by atoms with van der Waals surface area (Å²) in [6, 6.07) is 3.70. The Morgan fingerprint density at radius 1 is 1.36 bits per heavy atom. The lowest BCUT2D eigenvalue weighted by Gasteiger charge is -2.01. The van der Waals surface area contributed by atoms with Crippen molar-refractivity contribution in [1.29, 1.82) is 0 Å². The Kier molecular flexibility index (Phi) is 2.10. The maximum Gasteiger partial charge on any atom is 0.222 e. The highest BCUT2D eigenvalue weighted by atomic mass is 16.1. The summed E-state index contributed by atoms with van der Waals surface area (Å²) >= 11 is 0. The number of carbonyl (C=O) groups excluding carboxylic acids is 1. The minimum absolute atomic E-state index is 0.120. The topological polar surface area (TPSA) is 54.9 Å². The molecule has 14 heavy (non-hydrogen) atoms. The van der Waals surface area contributed by atoms with Gasteiger partial charge in [0.2, 0.25) is 5.91 Å². The molecule has 0 saturated carbocycles. The van der Waals surface area contributed by atoms with Crippen molar-refractivity contribution < 1.29 is 4.79 Å². The number of anilines is 1. The molecule has 0 bridgehead atoms. The number of rotatable bonds is 1. The van der Waals surface area contributed by atoms with Crippen molar-refractivity contribution in [3.8, 4) is 0 Å². The van der Waals surface area contributed by atoms with E-state index in [2.05, 4.69) is 15.3 Å². The van der Waals surface area contributed by atoms with Crippen LogP contribution in [0, 0.1) is 0 Å². The Hall–Kier alpha value is -1.97. The summed E-state index contributed by atoms with van der Waals surface area (Å²) < 4.78 is 0. The van der Waals surface area contributed by atoms with Crippen LogP contribution in [0.15, 0.2) is 30.7 Å². The van der Waals surface area contributed by atoms with E-state index < -0.39 is 0 Å². The monoisotopic (exact) mass is 187 g/mol. The van der Waals surface area contributed by atoms with Gasteiger partial charge in [0.15, 0.2) is 0 Å². The van der Waals surface area contributed by atoms with Gasteiger partial charge in [-0.25, -0.2) is 4.98 Å². The van der Waals surface area contributed by atoms with E-state index in [-0.39, 0.29) is 5.91 Å². The molecule has 0 aliphatic heterocycles. The van der Waals surface area contributed by atoms with E-state index in [4.69, 9.17) is 0 Å². The zero-order valence-corrected chi connectivity index (χ0v) is 7.69. The number of aromatic nitrogens is 2. The Morgan fingerprint density at radius 2 is 2.21 bits per heavy atom. The van der Waals surface area contributed by atoms with E-state index in [1.165, 1.54) is 6.92 Å². The molecule has 0 unspecified atom stereocenters. The molecule has 4 nitrogen and oxygen atoms in total. The van der Waals surface area contributed by atoms with Gasteiger partial charge in [0.25, 0.3) is 0 Å². The first-order valence-corrected chi connectivity index (χ1v) is 4.23. The normalized spacial score (nSPS) is 10.1. The predicted octanol–water partition coefficient (Wildman–Crippen LogP) is 1.59. The summed E-state index contributed by atoms with van der Waals surface area (Å²) in [5.74, 6) is 0.446. The molecule has 0 radical (unpaired) electrons. The third-order valence-electron chi connectivity index (χ3n) is 1.83. The van der Waals surface area contributed by atoms with Crippen LogP contribution in [-0.2, 0) is 4.79 Å². The molecule has 2 aromatic heterocycles. The molecule has 70 valence electrons. The summed E-state index contributed by atoms with van der Waals surface area (Å²) in [5, 5.41) is 4.60. The highest BCUT2D eigenvalue weighted by molar-refractivity contribution is 5.90. The van der Waals surface area contributed by atoms with Crippen LogP contribution >= 0.6 is 0 Å². The molecule has 0 aliphatic rings. The number of pyridine rings is 2. The average molecular weight is 187 g/mol. The number of hydrogen-bond acceptors (Lipinski definition) is 3. The number of hydrogen-bond donors (Lipinski definition) is 1. The molecule has 4 heteroatoms. The Labute approximate surface area is 81.0 Å². The molecule has 1 N–H and O–H groups in total. The van der Waals surface area contributed by atoms with Crippen molar-refractivity contribution in [2.24, 2.45) is 0 Å². The van der Waals surface area contributed by atoms with Crippen LogP contribution in [0.25, 0.3) is 10.8 Å². The molecular formula is C10H9N3O. The molecule has 0 aliphatic carbocycles. The smallest absolute Gasteiger partial charge is 0.222 e. The van der Waals surface area contributed by atoms with Gasteiger partial charge in [-0.1, -0.05) is 0 Å². The lowest BCUT2D eigenvalue weighted by molar-refractivity contribution is -0.114. The van der Waals surface area contributed by atoms with Gasteiger partial charge in [-0.2, -0.15) is 0 Å². The maximum absolute atomic E-state index is 10.8. The Bertz CT molecular complexity index is 482. The highest BCUT2D eigenvalue weighted by Gasteiger charge is 1.98. The van der Waals surface area contributed by atoms with Gasteiger partial charge in [0, 0.05) is 30.9 Å². The van der Waals surface area contributed by atoms with Gasteiger partial charge in [-0.05, 0) is 17.5 Å². The second kappa shape index (κ2) is 3.41. The van der Waals surface area contributed by atoms with Gasteiger partial charge in [0.1, 0.15) is 5.82 Å². The Balaban J connectivity index is 2.46. The van der Waals surface area contributed by atoms with Crippen LogP contribution in [0.4, 0.5) is 5.82 Å². The summed E-state index contributed by atoms with van der Waals surface area (Å²) in [7, 11) is 0. The van der Waals surface area contributed by atoms with Crippen molar-refractivity contribution in [1.82, 2.24) is 9.97 Å². The number of amides is 1. The average Bonchev–Trinajstić information content (AvgIpc) is 2.17. The minimum atomic E-state index is -0.120. The summed E-state index contributed by atoms with van der Waals surface area (Å²) in [4.78, 5) is 18.8. The number of nitrogens with zero attached hydrogens (tertiary/aromatic N) is 2. The van der Waals surface area contributed by atoms with Crippen LogP contribution in [-0.4, -0.2) is 15.9 Å². The largest absolute Gasteiger partial charge is 0.311 e. The molecule has 0 atom stereocenters. The molecule has 0 aromatic carbocycles. The van der Waals surface area contributed by atoms with Gasteiger partial charge in [-0.15, -0.1) is 0 Å². The fourth-order valence-corrected chi connectivity index (χ4v) is 1.23. The first-order valence-electron chi connectivity index (χ1n) is 4.23. The van der Waals surface area contributed by atoms with Gasteiger partial charge in [0.05, 0.1) is 0 Å². The summed E-state index contributed by atoms with van der Waals surface area (Å²) in [5.41, 5.74) is 0. The zero-order chi connectivity index (χ0) is 9.97. The molecule has 2 aromatic rings. The quantitative estimate of drug-likeness (QED) is 0.737. The second-order valence-corrected chi connectivity index (χ2v) is 2.97. The van der Waals surface area contributed by atoms with Crippen LogP contribution in [0.3, 0.4) is 0 Å². The lowest BCUT2D eigenvalue weighted by Crippen LogP contribution is -2.06. The van der Waals surface area contributed by atoms with Crippen LogP contribution in [0.2, 0.25) is 0 Å². The second-order valence-electron chi connectivity index (χ2n) is 2.97. The number of fused-ring (bicyclic) bond motifs is 1.